The Morgan fingerprint density at radius 2 is 2.06 bits per heavy atom. The standard InChI is InChI=1S/C13H13BrO2/c1-9-11(6-7-16-9)13(15)8-10-4-2-3-5-12(10)14/h2-7,13,15H,8H2,1H3. The summed E-state index contributed by atoms with van der Waals surface area (Å²) in [5.74, 6) is 0.777. The molecule has 0 aliphatic rings. The van der Waals surface area contributed by atoms with Gasteiger partial charge in [-0.25, -0.2) is 0 Å². The number of hydrogen-bond acceptors (Lipinski definition) is 2. The second-order valence-electron chi connectivity index (χ2n) is 3.74. The van der Waals surface area contributed by atoms with Crippen LogP contribution in [0.1, 0.15) is 23.0 Å². The van der Waals surface area contributed by atoms with E-state index >= 15 is 0 Å². The lowest BCUT2D eigenvalue weighted by molar-refractivity contribution is 0.176. The normalized spacial score (nSPS) is 12.7. The molecule has 1 atom stereocenters. The molecule has 0 radical (unpaired) electrons. The summed E-state index contributed by atoms with van der Waals surface area (Å²) in [5.41, 5.74) is 1.95. The molecule has 1 N–H and O–H groups in total. The number of hydrogen-bond donors (Lipinski definition) is 1. The number of benzene rings is 1. The molecule has 0 amide bonds. The van der Waals surface area contributed by atoms with E-state index < -0.39 is 6.10 Å². The Labute approximate surface area is 103 Å². The van der Waals surface area contributed by atoms with Crippen LogP contribution in [-0.4, -0.2) is 5.11 Å². The van der Waals surface area contributed by atoms with Gasteiger partial charge in [0.2, 0.25) is 0 Å². The minimum atomic E-state index is -0.516. The smallest absolute Gasteiger partial charge is 0.106 e. The Morgan fingerprint density at radius 3 is 2.69 bits per heavy atom. The van der Waals surface area contributed by atoms with E-state index in [4.69, 9.17) is 4.42 Å². The van der Waals surface area contributed by atoms with Gasteiger partial charge in [-0.15, -0.1) is 0 Å². The van der Waals surface area contributed by atoms with Crippen LogP contribution in [0.3, 0.4) is 0 Å². The van der Waals surface area contributed by atoms with Gasteiger partial charge < -0.3 is 9.52 Å². The average Bonchev–Trinajstić information content (AvgIpc) is 2.68. The lowest BCUT2D eigenvalue weighted by Gasteiger charge is -2.10. The predicted molar refractivity (Wildman–Crippen MR) is 66.3 cm³/mol. The van der Waals surface area contributed by atoms with Crippen LogP contribution in [0.4, 0.5) is 0 Å². The van der Waals surface area contributed by atoms with E-state index in [0.29, 0.717) is 6.42 Å². The van der Waals surface area contributed by atoms with Crippen molar-refractivity contribution in [2.75, 3.05) is 0 Å². The van der Waals surface area contributed by atoms with E-state index in [-0.39, 0.29) is 0 Å². The Morgan fingerprint density at radius 1 is 1.31 bits per heavy atom. The Hall–Kier alpha value is -1.06. The minimum absolute atomic E-state index is 0.516. The number of aliphatic hydroxyl groups is 1. The van der Waals surface area contributed by atoms with Crippen molar-refractivity contribution >= 4 is 15.9 Å². The van der Waals surface area contributed by atoms with Crippen LogP contribution in [-0.2, 0) is 6.42 Å². The maximum atomic E-state index is 10.1. The van der Waals surface area contributed by atoms with Gasteiger partial charge in [0.25, 0.3) is 0 Å². The monoisotopic (exact) mass is 280 g/mol. The highest BCUT2D eigenvalue weighted by molar-refractivity contribution is 9.10. The topological polar surface area (TPSA) is 33.4 Å². The SMILES string of the molecule is Cc1occc1C(O)Cc1ccccc1Br. The molecule has 0 saturated heterocycles. The third-order valence-electron chi connectivity index (χ3n) is 2.63. The molecule has 2 aromatic rings. The second-order valence-corrected chi connectivity index (χ2v) is 4.60. The molecule has 84 valence electrons. The first-order valence-corrected chi connectivity index (χ1v) is 5.93. The zero-order valence-electron chi connectivity index (χ0n) is 8.98. The maximum Gasteiger partial charge on any atom is 0.106 e. The van der Waals surface area contributed by atoms with Crippen LogP contribution < -0.4 is 0 Å². The second kappa shape index (κ2) is 4.85. The first-order chi connectivity index (χ1) is 7.68. The highest BCUT2D eigenvalue weighted by atomic mass is 79.9. The summed E-state index contributed by atoms with van der Waals surface area (Å²) < 4.78 is 6.21. The molecule has 0 aliphatic carbocycles. The fraction of sp³-hybridized carbons (Fsp3) is 0.231. The molecule has 16 heavy (non-hydrogen) atoms. The molecule has 1 aromatic heterocycles. The van der Waals surface area contributed by atoms with Gasteiger partial charge in [-0.2, -0.15) is 0 Å². The molecule has 2 nitrogen and oxygen atoms in total. The van der Waals surface area contributed by atoms with Gasteiger partial charge in [0.05, 0.1) is 12.4 Å². The third-order valence-corrected chi connectivity index (χ3v) is 3.40. The van der Waals surface area contributed by atoms with Crippen molar-refractivity contribution in [1.82, 2.24) is 0 Å². The molecule has 0 saturated carbocycles. The molecule has 0 fully saturated rings. The molecular weight excluding hydrogens is 268 g/mol. The van der Waals surface area contributed by atoms with Crippen LogP contribution >= 0.6 is 15.9 Å². The van der Waals surface area contributed by atoms with Crippen molar-refractivity contribution in [1.29, 1.82) is 0 Å². The summed E-state index contributed by atoms with van der Waals surface area (Å²) in [6, 6.07) is 9.72. The van der Waals surface area contributed by atoms with Crippen molar-refractivity contribution < 1.29 is 9.52 Å². The van der Waals surface area contributed by atoms with E-state index in [9.17, 15) is 5.11 Å². The van der Waals surface area contributed by atoms with Gasteiger partial charge in [-0.3, -0.25) is 0 Å². The van der Waals surface area contributed by atoms with Crippen molar-refractivity contribution in [3.8, 4) is 0 Å². The van der Waals surface area contributed by atoms with Crippen molar-refractivity contribution in [2.24, 2.45) is 0 Å². The van der Waals surface area contributed by atoms with Gasteiger partial charge in [0.1, 0.15) is 5.76 Å². The number of rotatable bonds is 3. The largest absolute Gasteiger partial charge is 0.469 e. The van der Waals surface area contributed by atoms with Crippen LogP contribution in [0.25, 0.3) is 0 Å². The highest BCUT2D eigenvalue weighted by Crippen LogP contribution is 2.25. The van der Waals surface area contributed by atoms with Gasteiger partial charge in [0.15, 0.2) is 0 Å². The minimum Gasteiger partial charge on any atom is -0.469 e. The van der Waals surface area contributed by atoms with Gasteiger partial charge >= 0.3 is 0 Å². The molecular formula is C13H13BrO2. The first kappa shape index (κ1) is 11.4. The Balaban J connectivity index is 2.17. The summed E-state index contributed by atoms with van der Waals surface area (Å²) in [6.07, 6.45) is 1.67. The number of halogens is 1. The number of aliphatic hydroxyl groups excluding tert-OH is 1. The Kier molecular flexibility index (Phi) is 3.46. The molecule has 0 aliphatic heterocycles. The summed E-state index contributed by atoms with van der Waals surface area (Å²) >= 11 is 3.47. The third kappa shape index (κ3) is 2.36. The van der Waals surface area contributed by atoms with Crippen molar-refractivity contribution in [3.05, 3.63) is 58.0 Å². The lowest BCUT2D eigenvalue weighted by Crippen LogP contribution is -2.02. The van der Waals surface area contributed by atoms with E-state index in [2.05, 4.69) is 15.9 Å². The summed E-state index contributed by atoms with van der Waals surface area (Å²) in [6.45, 7) is 1.86. The molecule has 0 spiro atoms. The summed E-state index contributed by atoms with van der Waals surface area (Å²) in [4.78, 5) is 0. The average molecular weight is 281 g/mol. The van der Waals surface area contributed by atoms with E-state index in [1.54, 1.807) is 6.26 Å². The quantitative estimate of drug-likeness (QED) is 0.932. The maximum absolute atomic E-state index is 10.1. The molecule has 3 heteroatoms. The predicted octanol–water partition coefficient (Wildman–Crippen LogP) is 3.63. The summed E-state index contributed by atoms with van der Waals surface area (Å²) in [5, 5.41) is 10.1. The van der Waals surface area contributed by atoms with E-state index in [0.717, 1.165) is 21.4 Å². The highest BCUT2D eigenvalue weighted by Gasteiger charge is 2.14. The molecule has 1 heterocycles. The lowest BCUT2D eigenvalue weighted by atomic mass is 10.0. The Bertz CT molecular complexity index is 476. The zero-order valence-corrected chi connectivity index (χ0v) is 10.6. The zero-order chi connectivity index (χ0) is 11.5. The van der Waals surface area contributed by atoms with Crippen LogP contribution in [0.15, 0.2) is 45.5 Å². The molecule has 1 aromatic carbocycles. The van der Waals surface area contributed by atoms with Gasteiger partial charge in [-0.05, 0) is 24.6 Å². The molecule has 0 bridgehead atoms. The fourth-order valence-corrected chi connectivity index (χ4v) is 2.17. The number of furan rings is 1. The molecule has 1 unspecified atom stereocenters. The fourth-order valence-electron chi connectivity index (χ4n) is 1.72. The van der Waals surface area contributed by atoms with Crippen LogP contribution in [0.2, 0.25) is 0 Å². The first-order valence-electron chi connectivity index (χ1n) is 5.14. The summed E-state index contributed by atoms with van der Waals surface area (Å²) in [7, 11) is 0. The molecule has 2 rings (SSSR count). The van der Waals surface area contributed by atoms with Gasteiger partial charge in [-0.1, -0.05) is 34.1 Å². The van der Waals surface area contributed by atoms with E-state index in [1.165, 1.54) is 0 Å². The van der Waals surface area contributed by atoms with Crippen LogP contribution in [0.5, 0.6) is 0 Å². The number of aryl methyl sites for hydroxylation is 1. The van der Waals surface area contributed by atoms with Crippen LogP contribution in [0, 0.1) is 6.92 Å². The van der Waals surface area contributed by atoms with Gasteiger partial charge in [0, 0.05) is 16.5 Å². The van der Waals surface area contributed by atoms with E-state index in [1.807, 2.05) is 37.3 Å². The van der Waals surface area contributed by atoms with Crippen molar-refractivity contribution in [3.63, 3.8) is 0 Å². The van der Waals surface area contributed by atoms with Crippen molar-refractivity contribution in [2.45, 2.75) is 19.4 Å².